The van der Waals surface area contributed by atoms with E-state index in [2.05, 4.69) is 0 Å². The van der Waals surface area contributed by atoms with Crippen molar-refractivity contribution in [3.05, 3.63) is 0 Å². The van der Waals surface area contributed by atoms with Gasteiger partial charge in [0.2, 0.25) is 15.7 Å². The van der Waals surface area contributed by atoms with E-state index in [1.807, 2.05) is 0 Å². The van der Waals surface area contributed by atoms with Crippen LogP contribution in [-0.2, 0) is 15.1 Å². The Hall–Kier alpha value is -1.06. The molecule has 2 atom stereocenters. The third kappa shape index (κ3) is 1.73. The lowest BCUT2D eigenvalue weighted by Gasteiger charge is -2.23. The quantitative estimate of drug-likeness (QED) is 0.442. The molecule has 0 radical (unpaired) electrons. The molecule has 18 heavy (non-hydrogen) atoms. The minimum atomic E-state index is -5.82. The van der Waals surface area contributed by atoms with Crippen LogP contribution < -0.4 is 0 Å². The highest BCUT2D eigenvalue weighted by Gasteiger charge is 2.89. The van der Waals surface area contributed by atoms with Crippen molar-refractivity contribution in [2.75, 3.05) is 0 Å². The molecule has 0 saturated heterocycles. The number of halogens is 6. The molecule has 0 aromatic heterocycles. The lowest BCUT2D eigenvalue weighted by molar-refractivity contribution is -0.297. The number of carbonyl (C=O) groups is 1. The van der Waals surface area contributed by atoms with Gasteiger partial charge in [-0.3, -0.25) is 0 Å². The van der Waals surface area contributed by atoms with E-state index in [1.165, 1.54) is 0 Å². The van der Waals surface area contributed by atoms with E-state index < -0.39 is 44.8 Å². The summed E-state index contributed by atoms with van der Waals surface area (Å²) in [7, 11) is -3.65. The first-order valence-corrected chi connectivity index (χ1v) is 5.55. The average Bonchev–Trinajstić information content (AvgIpc) is 2.85. The van der Waals surface area contributed by atoms with E-state index in [1.54, 1.807) is 0 Å². The Balaban J connectivity index is 3.59. The van der Waals surface area contributed by atoms with Gasteiger partial charge in [-0.25, -0.2) is 0 Å². The predicted octanol–water partition coefficient (Wildman–Crippen LogP) is 1.61. The zero-order valence-corrected chi connectivity index (χ0v) is 9.45. The molecule has 0 amide bonds. The Labute approximate surface area is 98.3 Å². The number of hydrogen-bond donors (Lipinski definition) is 0. The molecule has 1 aliphatic carbocycles. The maximum atomic E-state index is 12.6. The summed E-state index contributed by atoms with van der Waals surface area (Å²) in [6.45, 7) is 0.809. The summed E-state index contributed by atoms with van der Waals surface area (Å²) in [6, 6.07) is 0. The smallest absolute Gasteiger partial charge is 0.303 e. The van der Waals surface area contributed by atoms with Crippen molar-refractivity contribution in [3.63, 3.8) is 0 Å². The molecule has 1 saturated carbocycles. The molecular formula is C8H6F6O3S. The fraction of sp³-hybridized carbons (Fsp3) is 0.750. The zero-order chi connectivity index (χ0) is 14.5. The van der Waals surface area contributed by atoms with Gasteiger partial charge in [-0.2, -0.15) is 34.8 Å². The predicted molar refractivity (Wildman–Crippen MR) is 47.2 cm³/mol. The zero-order valence-electron chi connectivity index (χ0n) is 8.63. The van der Waals surface area contributed by atoms with Crippen LogP contribution in [-0.4, -0.2) is 31.9 Å². The Morgan fingerprint density at radius 3 is 1.72 bits per heavy atom. The molecule has 1 aliphatic rings. The van der Waals surface area contributed by atoms with Crippen LogP contribution in [0.25, 0.3) is 0 Å². The fourth-order valence-corrected chi connectivity index (χ4v) is 3.23. The summed E-state index contributed by atoms with van der Waals surface area (Å²) in [5, 5.41) is 0. The Bertz CT molecular complexity index is 478. The maximum absolute atomic E-state index is 12.6. The van der Waals surface area contributed by atoms with Gasteiger partial charge in [0.05, 0.1) is 4.86 Å². The summed E-state index contributed by atoms with van der Waals surface area (Å²) in [5.41, 5.74) is -4.42. The van der Waals surface area contributed by atoms with Gasteiger partial charge in [0.25, 0.3) is 0 Å². The monoisotopic (exact) mass is 296 g/mol. The summed E-state index contributed by atoms with van der Waals surface area (Å²) >= 11 is 0. The van der Waals surface area contributed by atoms with Crippen molar-refractivity contribution in [1.82, 2.24) is 0 Å². The standard InChI is InChI=1S/C8H6F6O3S/c1-3(2-15)4-5(18(16)17)6(4,7(9,10)11)8(12,13)14/h2-4H,1H3. The molecule has 104 valence electrons. The molecule has 2 unspecified atom stereocenters. The van der Waals surface area contributed by atoms with Crippen molar-refractivity contribution < 1.29 is 39.6 Å². The van der Waals surface area contributed by atoms with Crippen LogP contribution in [0.4, 0.5) is 26.3 Å². The molecule has 0 aliphatic heterocycles. The van der Waals surface area contributed by atoms with Gasteiger partial charge < -0.3 is 4.79 Å². The van der Waals surface area contributed by atoms with Crippen LogP contribution in [0.3, 0.4) is 0 Å². The highest BCUT2D eigenvalue weighted by molar-refractivity contribution is 7.73. The number of hydrogen-bond acceptors (Lipinski definition) is 3. The van der Waals surface area contributed by atoms with Crippen LogP contribution in [0.1, 0.15) is 6.92 Å². The van der Waals surface area contributed by atoms with Crippen molar-refractivity contribution in [2.45, 2.75) is 19.3 Å². The maximum Gasteiger partial charge on any atom is 0.408 e. The highest BCUT2D eigenvalue weighted by atomic mass is 32.2. The Kier molecular flexibility index (Phi) is 3.31. The van der Waals surface area contributed by atoms with E-state index in [-0.39, 0.29) is 6.29 Å². The molecule has 3 nitrogen and oxygen atoms in total. The van der Waals surface area contributed by atoms with Crippen molar-refractivity contribution in [3.8, 4) is 0 Å². The first kappa shape index (κ1) is 15.0. The Morgan fingerprint density at radius 2 is 1.56 bits per heavy atom. The van der Waals surface area contributed by atoms with E-state index in [4.69, 9.17) is 0 Å². The van der Waals surface area contributed by atoms with Crippen molar-refractivity contribution >= 4 is 21.4 Å². The van der Waals surface area contributed by atoms with Gasteiger partial charge in [0.1, 0.15) is 6.29 Å². The lowest BCUT2D eigenvalue weighted by atomic mass is 9.95. The normalized spacial score (nSPS) is 24.6. The molecule has 0 N–H and O–H groups in total. The summed E-state index contributed by atoms with van der Waals surface area (Å²) in [4.78, 5) is 8.63. The van der Waals surface area contributed by atoms with Gasteiger partial charge in [-0.1, -0.05) is 6.92 Å². The molecule has 0 spiro atoms. The lowest BCUT2D eigenvalue weighted by Crippen LogP contribution is -2.42. The van der Waals surface area contributed by atoms with Crippen LogP contribution in [0.15, 0.2) is 0 Å². The van der Waals surface area contributed by atoms with Gasteiger partial charge in [-0.15, -0.1) is 0 Å². The first-order valence-electron chi connectivity index (χ1n) is 4.48. The SMILES string of the molecule is CC(C=O)C1C(=S(=O)=O)C1(C(F)(F)F)C(F)(F)F. The van der Waals surface area contributed by atoms with E-state index in [0.717, 1.165) is 6.92 Å². The van der Waals surface area contributed by atoms with Crippen LogP contribution in [0.2, 0.25) is 0 Å². The number of carbonyl (C=O) groups excluding carboxylic acids is 1. The summed E-state index contributed by atoms with van der Waals surface area (Å²) in [6.07, 6.45) is -11.8. The third-order valence-corrected chi connectivity index (χ3v) is 3.80. The molecule has 1 rings (SSSR count). The molecule has 0 aromatic carbocycles. The number of aldehydes is 1. The number of alkyl halides is 6. The molecule has 0 bridgehead atoms. The topological polar surface area (TPSA) is 51.2 Å². The second kappa shape index (κ2) is 3.97. The summed E-state index contributed by atoms with van der Waals surface area (Å²) < 4.78 is 96.8. The fourth-order valence-electron chi connectivity index (χ4n) is 2.07. The van der Waals surface area contributed by atoms with E-state index >= 15 is 0 Å². The average molecular weight is 296 g/mol. The van der Waals surface area contributed by atoms with Crippen LogP contribution in [0.5, 0.6) is 0 Å². The third-order valence-electron chi connectivity index (χ3n) is 2.87. The van der Waals surface area contributed by atoms with Crippen molar-refractivity contribution in [1.29, 1.82) is 0 Å². The van der Waals surface area contributed by atoms with Gasteiger partial charge >= 0.3 is 12.4 Å². The molecule has 10 heteroatoms. The largest absolute Gasteiger partial charge is 0.408 e. The Morgan fingerprint density at radius 1 is 1.17 bits per heavy atom. The molecule has 1 fully saturated rings. The first-order chi connectivity index (χ1) is 7.92. The summed E-state index contributed by atoms with van der Waals surface area (Å²) in [5.74, 6) is -4.10. The second-order valence-electron chi connectivity index (χ2n) is 3.88. The minimum Gasteiger partial charge on any atom is -0.303 e. The van der Waals surface area contributed by atoms with E-state index in [0.29, 0.717) is 0 Å². The molecular weight excluding hydrogens is 290 g/mol. The van der Waals surface area contributed by atoms with Crippen LogP contribution >= 0.6 is 0 Å². The minimum absolute atomic E-state index is 0.128. The van der Waals surface area contributed by atoms with Crippen molar-refractivity contribution in [2.24, 2.45) is 17.3 Å². The van der Waals surface area contributed by atoms with Gasteiger partial charge in [0, 0.05) is 11.8 Å². The second-order valence-corrected chi connectivity index (χ2v) is 4.78. The molecule has 0 heterocycles. The van der Waals surface area contributed by atoms with E-state index in [9.17, 15) is 39.6 Å². The highest BCUT2D eigenvalue weighted by Crippen LogP contribution is 2.69. The van der Waals surface area contributed by atoms with Gasteiger partial charge in [0.15, 0.2) is 0 Å². The molecule has 0 aromatic rings. The number of rotatable bonds is 2. The van der Waals surface area contributed by atoms with Gasteiger partial charge in [-0.05, 0) is 0 Å². The van der Waals surface area contributed by atoms with Crippen LogP contribution in [0, 0.1) is 17.3 Å².